The number of halogens is 1. The SMILES string of the molecule is C=C(C(Nc1ccc2[nH]cnc2c1)c1ccc(O)cc1)N(Cc1ccc(Cl)cc1)/N=N\N. The van der Waals surface area contributed by atoms with Crippen LogP contribution >= 0.6 is 11.6 Å². The zero-order valence-electron chi connectivity index (χ0n) is 17.1. The van der Waals surface area contributed by atoms with E-state index in [9.17, 15) is 5.11 Å². The van der Waals surface area contributed by atoms with Gasteiger partial charge in [0.25, 0.3) is 0 Å². The molecule has 32 heavy (non-hydrogen) atoms. The molecule has 0 aliphatic heterocycles. The molecule has 0 bridgehead atoms. The molecule has 1 aromatic heterocycles. The van der Waals surface area contributed by atoms with Crippen molar-refractivity contribution in [1.29, 1.82) is 0 Å². The number of rotatable bonds is 8. The van der Waals surface area contributed by atoms with Crippen LogP contribution in [0, 0.1) is 0 Å². The number of aromatic amines is 1. The first-order valence-corrected chi connectivity index (χ1v) is 10.2. The van der Waals surface area contributed by atoms with E-state index in [0.29, 0.717) is 17.3 Å². The molecule has 1 heterocycles. The molecule has 0 saturated heterocycles. The number of nitrogens with one attached hydrogen (secondary N) is 2. The minimum absolute atomic E-state index is 0.177. The number of hydrogen-bond acceptors (Lipinski definition) is 5. The van der Waals surface area contributed by atoms with E-state index in [0.717, 1.165) is 27.8 Å². The Hall–Kier alpha value is -4.04. The van der Waals surface area contributed by atoms with Gasteiger partial charge in [0.1, 0.15) is 5.75 Å². The van der Waals surface area contributed by atoms with Gasteiger partial charge < -0.3 is 21.2 Å². The summed E-state index contributed by atoms with van der Waals surface area (Å²) in [7, 11) is 0. The van der Waals surface area contributed by atoms with Crippen molar-refractivity contribution in [3.63, 3.8) is 0 Å². The maximum atomic E-state index is 9.75. The third-order valence-corrected chi connectivity index (χ3v) is 5.28. The van der Waals surface area contributed by atoms with Gasteiger partial charge in [-0.1, -0.05) is 47.7 Å². The molecule has 0 saturated carbocycles. The van der Waals surface area contributed by atoms with Crippen LogP contribution in [0.25, 0.3) is 11.0 Å². The van der Waals surface area contributed by atoms with Gasteiger partial charge in [-0.15, -0.1) is 0 Å². The highest BCUT2D eigenvalue weighted by Crippen LogP contribution is 2.31. The average molecular weight is 448 g/mol. The summed E-state index contributed by atoms with van der Waals surface area (Å²) in [5, 5.41) is 23.1. The molecule has 4 rings (SSSR count). The van der Waals surface area contributed by atoms with Crippen LogP contribution in [-0.2, 0) is 6.54 Å². The fraction of sp³-hybridized carbons (Fsp3) is 0.0870. The van der Waals surface area contributed by atoms with Gasteiger partial charge in [-0.3, -0.25) is 0 Å². The standard InChI is InChI=1S/C23H22ClN7O/c1-15(31(30-29-25)13-16-2-6-18(24)7-3-16)23(17-4-9-20(32)10-5-17)28-19-8-11-21-22(12-19)27-14-26-21/h2-12,14,23,28,32H,1,13H2,(H2,25,30)(H,26,27). The van der Waals surface area contributed by atoms with E-state index in [1.807, 2.05) is 54.6 Å². The van der Waals surface area contributed by atoms with Crippen molar-refractivity contribution in [2.45, 2.75) is 12.6 Å². The molecule has 0 amide bonds. The summed E-state index contributed by atoms with van der Waals surface area (Å²) in [6.45, 7) is 4.67. The molecule has 9 heteroatoms. The van der Waals surface area contributed by atoms with Crippen molar-refractivity contribution in [2.75, 3.05) is 5.32 Å². The summed E-state index contributed by atoms with van der Waals surface area (Å²) in [5.74, 6) is 5.57. The lowest BCUT2D eigenvalue weighted by molar-refractivity contribution is 0.312. The van der Waals surface area contributed by atoms with Crippen molar-refractivity contribution in [2.24, 2.45) is 16.3 Å². The van der Waals surface area contributed by atoms with Gasteiger partial charge in [-0.25, -0.2) is 9.99 Å². The Morgan fingerprint density at radius 2 is 1.91 bits per heavy atom. The first-order valence-electron chi connectivity index (χ1n) is 9.84. The minimum Gasteiger partial charge on any atom is -0.508 e. The van der Waals surface area contributed by atoms with Crippen LogP contribution in [0.3, 0.4) is 0 Å². The lowest BCUT2D eigenvalue weighted by atomic mass is 10.0. The molecule has 0 fully saturated rings. The fourth-order valence-electron chi connectivity index (χ4n) is 3.38. The average Bonchev–Trinajstić information content (AvgIpc) is 3.27. The highest BCUT2D eigenvalue weighted by Gasteiger charge is 2.22. The molecule has 162 valence electrons. The monoisotopic (exact) mass is 447 g/mol. The number of benzene rings is 3. The van der Waals surface area contributed by atoms with Crippen molar-refractivity contribution < 1.29 is 5.11 Å². The van der Waals surface area contributed by atoms with Gasteiger partial charge >= 0.3 is 0 Å². The Bertz CT molecular complexity index is 1240. The summed E-state index contributed by atoms with van der Waals surface area (Å²) in [4.78, 5) is 7.40. The van der Waals surface area contributed by atoms with Crippen LogP contribution in [-0.4, -0.2) is 20.1 Å². The summed E-state index contributed by atoms with van der Waals surface area (Å²) < 4.78 is 0. The second-order valence-electron chi connectivity index (χ2n) is 7.18. The summed E-state index contributed by atoms with van der Waals surface area (Å²) in [6.07, 6.45) is 1.65. The third kappa shape index (κ3) is 4.81. The molecule has 8 nitrogen and oxygen atoms in total. The molecular formula is C23H22ClN7O. The van der Waals surface area contributed by atoms with Crippen LogP contribution in [0.4, 0.5) is 5.69 Å². The summed E-state index contributed by atoms with van der Waals surface area (Å²) in [6, 6.07) is 19.8. The number of fused-ring (bicyclic) bond motifs is 1. The number of imidazole rings is 1. The molecule has 0 radical (unpaired) electrons. The lowest BCUT2D eigenvalue weighted by Gasteiger charge is -2.29. The Balaban J connectivity index is 1.66. The first kappa shape index (κ1) is 21.2. The predicted molar refractivity (Wildman–Crippen MR) is 126 cm³/mol. The first-order chi connectivity index (χ1) is 15.5. The number of aromatic hydroxyl groups is 1. The molecule has 1 unspecified atom stereocenters. The molecular weight excluding hydrogens is 426 g/mol. The van der Waals surface area contributed by atoms with Crippen molar-refractivity contribution >= 4 is 28.3 Å². The maximum absolute atomic E-state index is 9.75. The number of phenols is 1. The molecule has 0 aliphatic rings. The van der Waals surface area contributed by atoms with Gasteiger partial charge in [0.15, 0.2) is 0 Å². The molecule has 4 aromatic rings. The van der Waals surface area contributed by atoms with E-state index in [4.69, 9.17) is 17.4 Å². The number of anilines is 1. The largest absolute Gasteiger partial charge is 0.508 e. The van der Waals surface area contributed by atoms with Crippen LogP contribution in [0.1, 0.15) is 17.2 Å². The Morgan fingerprint density at radius 3 is 2.62 bits per heavy atom. The number of phenolic OH excluding ortho intramolecular Hbond substituents is 1. The number of H-pyrrole nitrogens is 1. The van der Waals surface area contributed by atoms with Crippen molar-refractivity contribution in [1.82, 2.24) is 15.0 Å². The lowest BCUT2D eigenvalue weighted by Crippen LogP contribution is -2.25. The summed E-state index contributed by atoms with van der Waals surface area (Å²) >= 11 is 6.01. The predicted octanol–water partition coefficient (Wildman–Crippen LogP) is 5.33. The Morgan fingerprint density at radius 1 is 1.16 bits per heavy atom. The molecule has 1 atom stereocenters. The number of nitrogens with zero attached hydrogens (tertiary/aromatic N) is 4. The quantitative estimate of drug-likeness (QED) is 0.165. The van der Waals surface area contributed by atoms with Crippen LogP contribution in [0.15, 0.2) is 95.8 Å². The van der Waals surface area contributed by atoms with Crippen LogP contribution < -0.4 is 11.2 Å². The zero-order chi connectivity index (χ0) is 22.5. The van der Waals surface area contributed by atoms with Gasteiger partial charge in [-0.2, -0.15) is 0 Å². The van der Waals surface area contributed by atoms with E-state index in [1.165, 1.54) is 0 Å². The number of nitrogens with two attached hydrogens (primary N) is 1. The van der Waals surface area contributed by atoms with E-state index in [1.54, 1.807) is 23.5 Å². The van der Waals surface area contributed by atoms with Crippen molar-refractivity contribution in [3.8, 4) is 5.75 Å². The van der Waals surface area contributed by atoms with Gasteiger partial charge in [0, 0.05) is 10.7 Å². The zero-order valence-corrected chi connectivity index (χ0v) is 17.9. The minimum atomic E-state index is -0.384. The highest BCUT2D eigenvalue weighted by atomic mass is 35.5. The smallest absolute Gasteiger partial charge is 0.115 e. The summed E-state index contributed by atoms with van der Waals surface area (Å²) in [5.41, 5.74) is 5.08. The molecule has 5 N–H and O–H groups in total. The van der Waals surface area contributed by atoms with Crippen LogP contribution in [0.5, 0.6) is 5.75 Å². The fourth-order valence-corrected chi connectivity index (χ4v) is 3.50. The molecule has 0 aliphatic carbocycles. The third-order valence-electron chi connectivity index (χ3n) is 5.03. The van der Waals surface area contributed by atoms with Gasteiger partial charge in [0.2, 0.25) is 0 Å². The van der Waals surface area contributed by atoms with E-state index < -0.39 is 0 Å². The second-order valence-corrected chi connectivity index (χ2v) is 7.62. The van der Waals surface area contributed by atoms with Gasteiger partial charge in [0.05, 0.1) is 35.6 Å². The number of hydrogen-bond donors (Lipinski definition) is 4. The Kier molecular flexibility index (Phi) is 6.23. The number of aromatic nitrogens is 2. The van der Waals surface area contributed by atoms with E-state index in [2.05, 4.69) is 32.3 Å². The molecule has 0 spiro atoms. The second kappa shape index (κ2) is 9.40. The topological polar surface area (TPSA) is 115 Å². The maximum Gasteiger partial charge on any atom is 0.115 e. The normalized spacial score (nSPS) is 12.2. The Labute approximate surface area is 190 Å². The van der Waals surface area contributed by atoms with E-state index >= 15 is 0 Å². The van der Waals surface area contributed by atoms with Crippen LogP contribution in [0.2, 0.25) is 5.02 Å². The van der Waals surface area contributed by atoms with E-state index in [-0.39, 0.29) is 11.8 Å². The molecule has 3 aromatic carbocycles. The van der Waals surface area contributed by atoms with Gasteiger partial charge in [-0.05, 0) is 58.8 Å². The van der Waals surface area contributed by atoms with Crippen molar-refractivity contribution in [3.05, 3.63) is 101 Å². The highest BCUT2D eigenvalue weighted by molar-refractivity contribution is 6.30.